The Morgan fingerprint density at radius 1 is 0.458 bits per heavy atom. The predicted molar refractivity (Wildman–Crippen MR) is 239 cm³/mol. The predicted octanol–water partition coefficient (Wildman–Crippen LogP) is 6.89. The molecule has 0 atom stereocenters. The molecular weight excluding hydrogens is 781 g/mol. The standard InChI is InChI=1S/C45H56N8O4S2/c1-50-26-30-52(31-27-50)24-22-44(56)48-38-8-3-5-10-40(38)58-36-18-14-34(15-19-36)46-42(54)12-7-13-43(55)47-35-16-20-37(21-17-35)59-41-11-6-4-9-39(41)49-45(57)23-25-53-32-28-51(2)29-33-53/h3-6,8-11,14-21H,7,12-13,22-33H2,1-2H3,(H,46,54)(H,47,55)(H,48,56)(H,49,57). The first-order valence-electron chi connectivity index (χ1n) is 20.4. The minimum absolute atomic E-state index is 0.00523. The smallest absolute Gasteiger partial charge is 0.225 e. The van der Waals surface area contributed by atoms with Gasteiger partial charge in [-0.1, -0.05) is 47.8 Å². The Balaban J connectivity index is 0.879. The van der Waals surface area contributed by atoms with Crippen molar-refractivity contribution in [2.24, 2.45) is 0 Å². The third-order valence-electron chi connectivity index (χ3n) is 10.4. The van der Waals surface area contributed by atoms with Crippen LogP contribution in [0, 0.1) is 0 Å². The van der Waals surface area contributed by atoms with Gasteiger partial charge in [-0.15, -0.1) is 0 Å². The highest BCUT2D eigenvalue weighted by atomic mass is 32.2. The van der Waals surface area contributed by atoms with Gasteiger partial charge in [0.05, 0.1) is 11.4 Å². The molecule has 0 aliphatic carbocycles. The summed E-state index contributed by atoms with van der Waals surface area (Å²) in [6.45, 7) is 9.57. The lowest BCUT2D eigenvalue weighted by Gasteiger charge is -2.32. The SMILES string of the molecule is CN1CCN(CCC(=O)Nc2ccccc2Sc2ccc(NC(=O)CCCC(=O)Nc3ccc(Sc4ccccc4NC(=O)CCN4CCN(C)CC4)cc3)cc2)CC1. The fourth-order valence-electron chi connectivity index (χ4n) is 6.73. The number of likely N-dealkylation sites (N-methyl/N-ethyl adjacent to an activating group) is 2. The molecule has 4 aromatic carbocycles. The normalized spacial score (nSPS) is 15.4. The van der Waals surface area contributed by atoms with E-state index in [1.54, 1.807) is 23.5 Å². The van der Waals surface area contributed by atoms with E-state index in [1.165, 1.54) is 0 Å². The van der Waals surface area contributed by atoms with E-state index in [-0.39, 0.29) is 36.5 Å². The topological polar surface area (TPSA) is 129 Å². The van der Waals surface area contributed by atoms with Gasteiger partial charge >= 0.3 is 0 Å². The van der Waals surface area contributed by atoms with Gasteiger partial charge in [-0.3, -0.25) is 19.2 Å². The summed E-state index contributed by atoms with van der Waals surface area (Å²) < 4.78 is 0. The van der Waals surface area contributed by atoms with Crippen molar-refractivity contribution >= 4 is 69.9 Å². The van der Waals surface area contributed by atoms with Gasteiger partial charge in [-0.25, -0.2) is 0 Å². The van der Waals surface area contributed by atoms with E-state index in [0.717, 1.165) is 96.4 Å². The molecule has 2 saturated heterocycles. The highest BCUT2D eigenvalue weighted by Crippen LogP contribution is 2.35. The van der Waals surface area contributed by atoms with E-state index >= 15 is 0 Å². The summed E-state index contributed by atoms with van der Waals surface area (Å²) in [5.74, 6) is -0.303. The first kappa shape index (κ1) is 43.9. The summed E-state index contributed by atoms with van der Waals surface area (Å²) in [4.78, 5) is 64.1. The molecule has 4 amide bonds. The van der Waals surface area contributed by atoms with Crippen LogP contribution in [0.5, 0.6) is 0 Å². The number of hydrogen-bond acceptors (Lipinski definition) is 10. The van der Waals surface area contributed by atoms with Crippen molar-refractivity contribution in [3.8, 4) is 0 Å². The number of carbonyl (C=O) groups excluding carboxylic acids is 4. The van der Waals surface area contributed by atoms with Crippen LogP contribution >= 0.6 is 23.5 Å². The molecule has 0 bridgehead atoms. The molecule has 2 heterocycles. The number of nitrogens with one attached hydrogen (secondary N) is 4. The van der Waals surface area contributed by atoms with Gasteiger partial charge in [0, 0.05) is 122 Å². The van der Waals surface area contributed by atoms with Gasteiger partial charge in [-0.2, -0.15) is 0 Å². The number of anilines is 4. The molecule has 0 unspecified atom stereocenters. The lowest BCUT2D eigenvalue weighted by Crippen LogP contribution is -2.45. The fourth-order valence-corrected chi connectivity index (χ4v) is 8.53. The second-order valence-electron chi connectivity index (χ2n) is 15.1. The molecule has 59 heavy (non-hydrogen) atoms. The molecule has 0 aromatic heterocycles. The molecule has 2 aliphatic heterocycles. The van der Waals surface area contributed by atoms with Gasteiger partial charge < -0.3 is 40.9 Å². The highest BCUT2D eigenvalue weighted by molar-refractivity contribution is 7.99. The van der Waals surface area contributed by atoms with Crippen molar-refractivity contribution in [1.82, 2.24) is 19.6 Å². The number of carbonyl (C=O) groups is 4. The number of piperazine rings is 2. The van der Waals surface area contributed by atoms with Crippen LogP contribution in [0.15, 0.2) is 117 Å². The molecule has 4 N–H and O–H groups in total. The van der Waals surface area contributed by atoms with Gasteiger partial charge in [-0.05, 0) is 93.3 Å². The molecule has 312 valence electrons. The number of amides is 4. The summed E-state index contributed by atoms with van der Waals surface area (Å²) >= 11 is 3.10. The molecule has 2 fully saturated rings. The second-order valence-corrected chi connectivity index (χ2v) is 17.3. The van der Waals surface area contributed by atoms with E-state index < -0.39 is 0 Å². The molecule has 6 rings (SSSR count). The molecule has 12 nitrogen and oxygen atoms in total. The maximum absolute atomic E-state index is 12.8. The zero-order valence-corrected chi connectivity index (χ0v) is 35.7. The van der Waals surface area contributed by atoms with Gasteiger partial charge in [0.15, 0.2) is 0 Å². The minimum Gasteiger partial charge on any atom is -0.326 e. The van der Waals surface area contributed by atoms with Crippen molar-refractivity contribution in [1.29, 1.82) is 0 Å². The summed E-state index contributed by atoms with van der Waals surface area (Å²) in [5, 5.41) is 12.0. The van der Waals surface area contributed by atoms with Crippen molar-refractivity contribution < 1.29 is 19.2 Å². The molecule has 0 radical (unpaired) electrons. The van der Waals surface area contributed by atoms with Crippen LogP contribution in [0.3, 0.4) is 0 Å². The van der Waals surface area contributed by atoms with Crippen LogP contribution in [-0.4, -0.2) is 123 Å². The third-order valence-corrected chi connectivity index (χ3v) is 12.5. The average Bonchev–Trinajstić information content (AvgIpc) is 3.23. The van der Waals surface area contributed by atoms with Crippen LogP contribution in [0.25, 0.3) is 0 Å². The number of benzene rings is 4. The van der Waals surface area contributed by atoms with Crippen molar-refractivity contribution in [2.75, 3.05) is 101 Å². The zero-order chi connectivity index (χ0) is 41.4. The third kappa shape index (κ3) is 14.8. The second kappa shape index (κ2) is 22.6. The van der Waals surface area contributed by atoms with Crippen molar-refractivity contribution in [2.45, 2.75) is 51.7 Å². The number of rotatable bonds is 18. The summed E-state index contributed by atoms with van der Waals surface area (Å²) in [7, 11) is 4.25. The fraction of sp³-hybridized carbons (Fsp3) is 0.378. The quantitative estimate of drug-likeness (QED) is 0.0842. The molecule has 2 aliphatic rings. The first-order chi connectivity index (χ1) is 28.6. The molecule has 4 aromatic rings. The van der Waals surface area contributed by atoms with Gasteiger partial charge in [0.25, 0.3) is 0 Å². The molecule has 0 saturated carbocycles. The number of hydrogen-bond donors (Lipinski definition) is 4. The van der Waals surface area contributed by atoms with Crippen molar-refractivity contribution in [3.63, 3.8) is 0 Å². The summed E-state index contributed by atoms with van der Waals surface area (Å²) in [5.41, 5.74) is 2.92. The van der Waals surface area contributed by atoms with E-state index in [9.17, 15) is 19.2 Å². The lowest BCUT2D eigenvalue weighted by atomic mass is 10.2. The van der Waals surface area contributed by atoms with E-state index in [1.807, 2.05) is 97.1 Å². The molecule has 0 spiro atoms. The Morgan fingerprint density at radius 3 is 1.20 bits per heavy atom. The first-order valence-corrected chi connectivity index (χ1v) is 22.0. The zero-order valence-electron chi connectivity index (χ0n) is 34.1. The Bertz CT molecular complexity index is 1860. The van der Waals surface area contributed by atoms with Crippen LogP contribution in [0.1, 0.15) is 32.1 Å². The van der Waals surface area contributed by atoms with E-state index in [0.29, 0.717) is 30.6 Å². The minimum atomic E-state index is -0.157. The van der Waals surface area contributed by atoms with Crippen LogP contribution in [-0.2, 0) is 19.2 Å². The van der Waals surface area contributed by atoms with Crippen molar-refractivity contribution in [3.05, 3.63) is 97.1 Å². The largest absolute Gasteiger partial charge is 0.326 e. The van der Waals surface area contributed by atoms with Crippen LogP contribution in [0.4, 0.5) is 22.7 Å². The van der Waals surface area contributed by atoms with E-state index in [4.69, 9.17) is 0 Å². The van der Waals surface area contributed by atoms with Gasteiger partial charge in [0.2, 0.25) is 23.6 Å². The Hall–Kier alpha value is -4.70. The maximum atomic E-state index is 12.8. The Labute approximate surface area is 356 Å². The highest BCUT2D eigenvalue weighted by Gasteiger charge is 2.17. The molecular formula is C45H56N8O4S2. The molecule has 14 heteroatoms. The van der Waals surface area contributed by atoms with Gasteiger partial charge in [0.1, 0.15) is 0 Å². The monoisotopic (exact) mass is 836 g/mol. The van der Waals surface area contributed by atoms with Crippen LogP contribution in [0.2, 0.25) is 0 Å². The summed E-state index contributed by atoms with van der Waals surface area (Å²) in [6.07, 6.45) is 1.75. The lowest BCUT2D eigenvalue weighted by molar-refractivity contribution is -0.118. The average molecular weight is 837 g/mol. The Kier molecular flexibility index (Phi) is 16.8. The summed E-state index contributed by atoms with van der Waals surface area (Å²) in [6, 6.07) is 30.8. The van der Waals surface area contributed by atoms with E-state index in [2.05, 4.69) is 55.0 Å². The maximum Gasteiger partial charge on any atom is 0.225 e. The number of nitrogens with zero attached hydrogens (tertiary/aromatic N) is 4. The number of para-hydroxylation sites is 2. The Morgan fingerprint density at radius 2 is 0.814 bits per heavy atom. The van der Waals surface area contributed by atoms with Crippen LogP contribution < -0.4 is 21.3 Å².